The molecule has 2 aromatic heterocycles. The van der Waals surface area contributed by atoms with Gasteiger partial charge < -0.3 is 9.32 Å². The van der Waals surface area contributed by atoms with Crippen LogP contribution in [0.25, 0.3) is 11.5 Å². The summed E-state index contributed by atoms with van der Waals surface area (Å²) in [5.74, 6) is 4.71. The van der Waals surface area contributed by atoms with Crippen LogP contribution < -0.4 is 0 Å². The first kappa shape index (κ1) is 21.2. The first-order valence-corrected chi connectivity index (χ1v) is 11.6. The summed E-state index contributed by atoms with van der Waals surface area (Å²) in [5, 5.41) is 8.58. The smallest absolute Gasteiger partial charge is 0.249 e. The van der Waals surface area contributed by atoms with E-state index in [1.807, 2.05) is 12.1 Å². The minimum atomic E-state index is 0.484. The zero-order chi connectivity index (χ0) is 21.1. The van der Waals surface area contributed by atoms with Crippen molar-refractivity contribution in [1.82, 2.24) is 20.1 Å². The van der Waals surface area contributed by atoms with Crippen molar-refractivity contribution in [3.8, 4) is 11.5 Å². The van der Waals surface area contributed by atoms with E-state index in [2.05, 4.69) is 53.9 Å². The molecule has 1 aliphatic heterocycles. The van der Waals surface area contributed by atoms with Crippen LogP contribution in [0.2, 0.25) is 0 Å². The van der Waals surface area contributed by atoms with Gasteiger partial charge in [0.2, 0.25) is 11.8 Å². The second kappa shape index (κ2) is 9.42. The molecule has 2 aliphatic rings. The van der Waals surface area contributed by atoms with Crippen LogP contribution in [0, 0.1) is 29.6 Å². The van der Waals surface area contributed by atoms with E-state index in [0.717, 1.165) is 23.8 Å². The Hall–Kier alpha value is -2.01. The molecule has 162 valence electrons. The van der Waals surface area contributed by atoms with Gasteiger partial charge in [-0.2, -0.15) is 0 Å². The summed E-state index contributed by atoms with van der Waals surface area (Å²) in [6.07, 6.45) is 10.8. The summed E-state index contributed by atoms with van der Waals surface area (Å²) >= 11 is 0. The highest BCUT2D eigenvalue weighted by Gasteiger charge is 2.33. The lowest BCUT2D eigenvalue weighted by Crippen LogP contribution is -2.40. The second-order valence-electron chi connectivity index (χ2n) is 9.84. The Balaban J connectivity index is 1.44. The Morgan fingerprint density at radius 3 is 2.70 bits per heavy atom. The number of aromatic nitrogens is 3. The van der Waals surface area contributed by atoms with Gasteiger partial charge in [0.05, 0.1) is 5.56 Å². The van der Waals surface area contributed by atoms with Crippen LogP contribution in [-0.2, 0) is 6.42 Å². The van der Waals surface area contributed by atoms with Gasteiger partial charge in [-0.3, -0.25) is 4.98 Å². The molecular weight excluding hydrogens is 372 g/mol. The highest BCUT2D eigenvalue weighted by atomic mass is 16.4. The molecule has 0 radical (unpaired) electrons. The fraction of sp³-hybridized carbons (Fsp3) is 0.640. The van der Waals surface area contributed by atoms with Gasteiger partial charge in [-0.1, -0.05) is 32.4 Å². The van der Waals surface area contributed by atoms with Crippen LogP contribution in [-0.4, -0.2) is 39.7 Å². The molecule has 0 spiro atoms. The summed E-state index contributed by atoms with van der Waals surface area (Å²) in [6.45, 7) is 13.2. The number of hydrogen-bond acceptors (Lipinski definition) is 5. The van der Waals surface area contributed by atoms with Crippen molar-refractivity contribution in [2.75, 3.05) is 19.6 Å². The zero-order valence-corrected chi connectivity index (χ0v) is 18.9. The quantitative estimate of drug-likeness (QED) is 0.610. The number of piperidine rings is 1. The molecule has 3 heterocycles. The lowest BCUT2D eigenvalue weighted by molar-refractivity contribution is 0.130. The Morgan fingerprint density at radius 2 is 2.00 bits per heavy atom. The fourth-order valence-electron chi connectivity index (χ4n) is 5.18. The van der Waals surface area contributed by atoms with Crippen LogP contribution in [0.15, 0.2) is 40.6 Å². The summed E-state index contributed by atoms with van der Waals surface area (Å²) in [7, 11) is 0. The summed E-state index contributed by atoms with van der Waals surface area (Å²) in [4.78, 5) is 6.84. The summed E-state index contributed by atoms with van der Waals surface area (Å²) < 4.78 is 5.98. The molecule has 4 rings (SSSR count). The van der Waals surface area contributed by atoms with E-state index in [-0.39, 0.29) is 0 Å². The van der Waals surface area contributed by atoms with Gasteiger partial charge in [0, 0.05) is 25.4 Å². The van der Waals surface area contributed by atoms with Crippen molar-refractivity contribution < 1.29 is 4.42 Å². The van der Waals surface area contributed by atoms with Gasteiger partial charge in [0.15, 0.2) is 0 Å². The first-order chi connectivity index (χ1) is 14.5. The Bertz CT molecular complexity index is 836. The molecule has 1 saturated heterocycles. The van der Waals surface area contributed by atoms with Crippen molar-refractivity contribution in [2.24, 2.45) is 29.6 Å². The second-order valence-corrected chi connectivity index (χ2v) is 9.84. The molecule has 30 heavy (non-hydrogen) atoms. The molecule has 0 amide bonds. The third-order valence-electron chi connectivity index (χ3n) is 7.23. The third kappa shape index (κ3) is 5.00. The molecule has 1 aliphatic carbocycles. The maximum atomic E-state index is 5.98. The molecule has 2 aromatic rings. The molecule has 0 N–H and O–H groups in total. The SMILES string of the molecule is CC1=C[C@@H](CN2CCC(C)CC2)[C@H](C(C)C)C[C@H]1Cc1nnc(-c2cccnc2)o1. The molecular formula is C25H36N4O. The average Bonchev–Trinajstić information content (AvgIpc) is 3.21. The summed E-state index contributed by atoms with van der Waals surface area (Å²) in [5.41, 5.74) is 2.37. The van der Waals surface area contributed by atoms with E-state index >= 15 is 0 Å². The Morgan fingerprint density at radius 1 is 1.20 bits per heavy atom. The number of allylic oxidation sites excluding steroid dienone is 1. The maximum Gasteiger partial charge on any atom is 0.249 e. The van der Waals surface area contributed by atoms with E-state index in [9.17, 15) is 0 Å². The van der Waals surface area contributed by atoms with Gasteiger partial charge in [-0.15, -0.1) is 10.2 Å². The van der Waals surface area contributed by atoms with Crippen molar-refractivity contribution in [1.29, 1.82) is 0 Å². The lowest BCUT2D eigenvalue weighted by Gasteiger charge is -2.40. The van der Waals surface area contributed by atoms with Gasteiger partial charge >= 0.3 is 0 Å². The maximum absolute atomic E-state index is 5.98. The van der Waals surface area contributed by atoms with E-state index < -0.39 is 0 Å². The van der Waals surface area contributed by atoms with Crippen molar-refractivity contribution >= 4 is 0 Å². The predicted molar refractivity (Wildman–Crippen MR) is 120 cm³/mol. The first-order valence-electron chi connectivity index (χ1n) is 11.6. The zero-order valence-electron chi connectivity index (χ0n) is 18.9. The van der Waals surface area contributed by atoms with Gasteiger partial charge in [-0.05, 0) is 81.0 Å². The monoisotopic (exact) mass is 408 g/mol. The number of rotatable bonds is 6. The van der Waals surface area contributed by atoms with Crippen LogP contribution in [0.4, 0.5) is 0 Å². The predicted octanol–water partition coefficient (Wildman–Crippen LogP) is 5.26. The number of likely N-dealkylation sites (tertiary alicyclic amines) is 1. The normalized spacial score (nSPS) is 26.2. The van der Waals surface area contributed by atoms with Gasteiger partial charge in [-0.25, -0.2) is 0 Å². The minimum Gasteiger partial charge on any atom is -0.421 e. The fourth-order valence-corrected chi connectivity index (χ4v) is 5.18. The minimum absolute atomic E-state index is 0.484. The van der Waals surface area contributed by atoms with Crippen LogP contribution in [0.5, 0.6) is 0 Å². The van der Waals surface area contributed by atoms with Crippen LogP contribution in [0.1, 0.15) is 52.8 Å². The van der Waals surface area contributed by atoms with E-state index in [1.165, 1.54) is 44.5 Å². The average molecular weight is 409 g/mol. The molecule has 5 nitrogen and oxygen atoms in total. The molecule has 5 heteroatoms. The van der Waals surface area contributed by atoms with Crippen LogP contribution in [0.3, 0.4) is 0 Å². The highest BCUT2D eigenvalue weighted by Crippen LogP contribution is 2.39. The molecule has 0 unspecified atom stereocenters. The Kier molecular flexibility index (Phi) is 6.67. The molecule has 0 saturated carbocycles. The van der Waals surface area contributed by atoms with Crippen molar-refractivity contribution in [2.45, 2.75) is 53.4 Å². The molecule has 1 fully saturated rings. The lowest BCUT2D eigenvalue weighted by atomic mass is 9.69. The van der Waals surface area contributed by atoms with Crippen molar-refractivity contribution in [3.05, 3.63) is 42.1 Å². The highest BCUT2D eigenvalue weighted by molar-refractivity contribution is 5.49. The van der Waals surface area contributed by atoms with E-state index in [0.29, 0.717) is 29.6 Å². The van der Waals surface area contributed by atoms with Gasteiger partial charge in [0.1, 0.15) is 0 Å². The molecule has 0 bridgehead atoms. The Labute approximate surface area is 181 Å². The number of pyridine rings is 1. The van der Waals surface area contributed by atoms with E-state index in [1.54, 1.807) is 12.4 Å². The van der Waals surface area contributed by atoms with Crippen molar-refractivity contribution in [3.63, 3.8) is 0 Å². The summed E-state index contributed by atoms with van der Waals surface area (Å²) in [6, 6.07) is 3.85. The van der Waals surface area contributed by atoms with E-state index in [4.69, 9.17) is 4.42 Å². The molecule has 3 atom stereocenters. The topological polar surface area (TPSA) is 55.1 Å². The number of hydrogen-bond donors (Lipinski definition) is 0. The van der Waals surface area contributed by atoms with Crippen LogP contribution >= 0.6 is 0 Å². The van der Waals surface area contributed by atoms with Gasteiger partial charge in [0.25, 0.3) is 0 Å². The number of nitrogens with zero attached hydrogens (tertiary/aromatic N) is 4. The third-order valence-corrected chi connectivity index (χ3v) is 7.23. The largest absolute Gasteiger partial charge is 0.421 e. The standard InChI is InChI=1S/C25H36N4O/c1-17(2)23-13-21(14-24-27-28-25(30-24)20-6-5-9-26-15-20)19(4)12-22(23)16-29-10-7-18(3)8-11-29/h5-6,9,12,15,17-18,21-23H,7-8,10-11,13-14,16H2,1-4H3/t21-,22-,23-/m0/s1. The molecule has 0 aromatic carbocycles.